The van der Waals surface area contributed by atoms with E-state index < -0.39 is 6.04 Å². The molecule has 1 aliphatic rings. The van der Waals surface area contributed by atoms with Gasteiger partial charge in [0.1, 0.15) is 11.9 Å². The van der Waals surface area contributed by atoms with E-state index in [1.807, 2.05) is 30.3 Å². The van der Waals surface area contributed by atoms with Crippen molar-refractivity contribution < 1.29 is 9.59 Å². The van der Waals surface area contributed by atoms with Crippen LogP contribution in [0, 0.1) is 0 Å². The first-order chi connectivity index (χ1) is 10.7. The van der Waals surface area contributed by atoms with Crippen LogP contribution >= 0.6 is 0 Å². The summed E-state index contributed by atoms with van der Waals surface area (Å²) in [7, 11) is 0. The number of carbonyl (C=O) groups is 2. The minimum Gasteiger partial charge on any atom is -0.344 e. The fourth-order valence-electron chi connectivity index (χ4n) is 2.62. The highest BCUT2D eigenvalue weighted by Crippen LogP contribution is 2.18. The Kier molecular flexibility index (Phi) is 4.18. The van der Waals surface area contributed by atoms with Crippen molar-refractivity contribution in [1.82, 2.24) is 15.5 Å². The highest BCUT2D eigenvalue weighted by molar-refractivity contribution is 6.00. The molecule has 1 fully saturated rings. The first kappa shape index (κ1) is 14.3. The van der Waals surface area contributed by atoms with Crippen LogP contribution in [0.3, 0.4) is 0 Å². The molecule has 114 valence electrons. The summed E-state index contributed by atoms with van der Waals surface area (Å²) >= 11 is 0. The van der Waals surface area contributed by atoms with Crippen LogP contribution in [-0.4, -0.2) is 34.6 Å². The van der Waals surface area contributed by atoms with E-state index in [9.17, 15) is 9.59 Å². The Balaban J connectivity index is 1.51. The summed E-state index contributed by atoms with van der Waals surface area (Å²) in [5, 5.41) is 9.44. The molecular formula is C16H18N4O2. The van der Waals surface area contributed by atoms with E-state index in [-0.39, 0.29) is 11.8 Å². The molecule has 22 heavy (non-hydrogen) atoms. The first-order valence-electron chi connectivity index (χ1n) is 7.38. The van der Waals surface area contributed by atoms with E-state index in [1.54, 1.807) is 17.2 Å². The molecule has 2 aromatic rings. The number of hydrogen-bond donors (Lipinski definition) is 2. The van der Waals surface area contributed by atoms with Gasteiger partial charge in [0, 0.05) is 19.0 Å². The molecule has 1 aliphatic heterocycles. The Labute approximate surface area is 128 Å². The van der Waals surface area contributed by atoms with E-state index >= 15 is 0 Å². The van der Waals surface area contributed by atoms with Gasteiger partial charge >= 0.3 is 0 Å². The van der Waals surface area contributed by atoms with Crippen molar-refractivity contribution in [1.29, 1.82) is 0 Å². The lowest BCUT2D eigenvalue weighted by atomic mass is 10.1. The second kappa shape index (κ2) is 6.43. The van der Waals surface area contributed by atoms with Gasteiger partial charge in [-0.1, -0.05) is 30.3 Å². The van der Waals surface area contributed by atoms with Crippen LogP contribution in [0.25, 0.3) is 0 Å². The molecule has 1 aromatic heterocycles. The Bertz CT molecular complexity index is 639. The second-order valence-electron chi connectivity index (χ2n) is 5.33. The van der Waals surface area contributed by atoms with Gasteiger partial charge in [0.05, 0.1) is 6.20 Å². The van der Waals surface area contributed by atoms with Crippen molar-refractivity contribution >= 4 is 17.6 Å². The molecule has 0 bridgehead atoms. The second-order valence-corrected chi connectivity index (χ2v) is 5.33. The van der Waals surface area contributed by atoms with Crippen molar-refractivity contribution in [3.8, 4) is 0 Å². The standard InChI is InChI=1S/C16H18N4O2/c21-15(7-6-12-4-2-1-3-5-12)18-13-9-11-20(16(13)22)14-8-10-17-19-14/h1-5,8,10,13H,6-7,9,11H2,(H,17,19)(H,18,21). The number of anilines is 1. The molecule has 1 saturated heterocycles. The van der Waals surface area contributed by atoms with E-state index in [1.165, 1.54) is 0 Å². The van der Waals surface area contributed by atoms with Crippen LogP contribution in [0.4, 0.5) is 5.82 Å². The molecule has 2 heterocycles. The van der Waals surface area contributed by atoms with Gasteiger partial charge in [-0.3, -0.25) is 19.6 Å². The predicted molar refractivity (Wildman–Crippen MR) is 82.3 cm³/mol. The monoisotopic (exact) mass is 298 g/mol. The lowest BCUT2D eigenvalue weighted by Gasteiger charge is -2.15. The van der Waals surface area contributed by atoms with E-state index in [2.05, 4.69) is 15.5 Å². The molecule has 0 aliphatic carbocycles. The van der Waals surface area contributed by atoms with E-state index in [0.29, 0.717) is 31.6 Å². The van der Waals surface area contributed by atoms with Crippen molar-refractivity contribution in [2.24, 2.45) is 0 Å². The van der Waals surface area contributed by atoms with Crippen LogP contribution in [0.15, 0.2) is 42.6 Å². The molecular weight excluding hydrogens is 280 g/mol. The number of aromatic amines is 1. The zero-order chi connectivity index (χ0) is 15.4. The van der Waals surface area contributed by atoms with Gasteiger partial charge in [0.2, 0.25) is 5.91 Å². The molecule has 2 amide bonds. The number of H-pyrrole nitrogens is 1. The highest BCUT2D eigenvalue weighted by atomic mass is 16.2. The maximum absolute atomic E-state index is 12.3. The van der Waals surface area contributed by atoms with Crippen LogP contribution in [0.2, 0.25) is 0 Å². The van der Waals surface area contributed by atoms with Crippen molar-refractivity contribution in [3.63, 3.8) is 0 Å². The summed E-state index contributed by atoms with van der Waals surface area (Å²) in [5.74, 6) is 0.497. The van der Waals surface area contributed by atoms with E-state index in [4.69, 9.17) is 0 Å². The zero-order valence-corrected chi connectivity index (χ0v) is 12.2. The third kappa shape index (κ3) is 3.16. The van der Waals surface area contributed by atoms with Crippen LogP contribution < -0.4 is 10.2 Å². The van der Waals surface area contributed by atoms with Gasteiger partial charge in [0.15, 0.2) is 0 Å². The van der Waals surface area contributed by atoms with E-state index in [0.717, 1.165) is 5.56 Å². The van der Waals surface area contributed by atoms with Gasteiger partial charge < -0.3 is 5.32 Å². The van der Waals surface area contributed by atoms with Gasteiger partial charge in [-0.15, -0.1) is 0 Å². The largest absolute Gasteiger partial charge is 0.344 e. The average molecular weight is 298 g/mol. The normalized spacial score (nSPS) is 17.7. The number of rotatable bonds is 5. The Morgan fingerprint density at radius 1 is 1.32 bits per heavy atom. The molecule has 1 aromatic carbocycles. The lowest BCUT2D eigenvalue weighted by molar-refractivity contribution is -0.126. The molecule has 6 nitrogen and oxygen atoms in total. The number of nitrogens with zero attached hydrogens (tertiary/aromatic N) is 2. The van der Waals surface area contributed by atoms with Crippen LogP contribution in [0.5, 0.6) is 0 Å². The third-order valence-corrected chi connectivity index (χ3v) is 3.80. The van der Waals surface area contributed by atoms with Gasteiger partial charge in [-0.2, -0.15) is 5.10 Å². The summed E-state index contributed by atoms with van der Waals surface area (Å²) in [5.41, 5.74) is 1.12. The summed E-state index contributed by atoms with van der Waals surface area (Å²) in [6, 6.07) is 11.2. The fourth-order valence-corrected chi connectivity index (χ4v) is 2.62. The number of aromatic nitrogens is 2. The minimum absolute atomic E-state index is 0.0858. The van der Waals surface area contributed by atoms with Gasteiger partial charge in [-0.25, -0.2) is 0 Å². The number of carbonyl (C=O) groups excluding carboxylic acids is 2. The Morgan fingerprint density at radius 3 is 2.86 bits per heavy atom. The number of aryl methyl sites for hydroxylation is 1. The maximum atomic E-state index is 12.3. The molecule has 3 rings (SSSR count). The summed E-state index contributed by atoms with van der Waals surface area (Å²) in [6.07, 6.45) is 3.29. The topological polar surface area (TPSA) is 78.1 Å². The summed E-state index contributed by atoms with van der Waals surface area (Å²) < 4.78 is 0. The quantitative estimate of drug-likeness (QED) is 0.872. The minimum atomic E-state index is -0.438. The first-order valence-corrected chi connectivity index (χ1v) is 7.38. The highest BCUT2D eigenvalue weighted by Gasteiger charge is 2.33. The Morgan fingerprint density at radius 2 is 2.14 bits per heavy atom. The lowest BCUT2D eigenvalue weighted by Crippen LogP contribution is -2.41. The number of hydrogen-bond acceptors (Lipinski definition) is 3. The molecule has 0 saturated carbocycles. The zero-order valence-electron chi connectivity index (χ0n) is 12.2. The van der Waals surface area contributed by atoms with Crippen molar-refractivity contribution in [2.45, 2.75) is 25.3 Å². The molecule has 2 N–H and O–H groups in total. The third-order valence-electron chi connectivity index (χ3n) is 3.80. The summed E-state index contributed by atoms with van der Waals surface area (Å²) in [6.45, 7) is 0.588. The smallest absolute Gasteiger partial charge is 0.250 e. The fraction of sp³-hybridized carbons (Fsp3) is 0.312. The van der Waals surface area contributed by atoms with Crippen LogP contribution in [-0.2, 0) is 16.0 Å². The molecule has 0 radical (unpaired) electrons. The van der Waals surface area contributed by atoms with Gasteiger partial charge in [0.25, 0.3) is 5.91 Å². The summed E-state index contributed by atoms with van der Waals surface area (Å²) in [4.78, 5) is 25.9. The van der Waals surface area contributed by atoms with Crippen molar-refractivity contribution in [2.75, 3.05) is 11.4 Å². The average Bonchev–Trinajstić information content (AvgIpc) is 3.17. The molecule has 0 spiro atoms. The number of nitrogens with one attached hydrogen (secondary N) is 2. The SMILES string of the molecule is O=C(CCc1ccccc1)NC1CCN(c2ccn[nH]2)C1=O. The molecule has 1 atom stereocenters. The number of amides is 2. The van der Waals surface area contributed by atoms with Crippen molar-refractivity contribution in [3.05, 3.63) is 48.2 Å². The number of benzene rings is 1. The Hall–Kier alpha value is -2.63. The maximum Gasteiger partial charge on any atom is 0.250 e. The van der Waals surface area contributed by atoms with Gasteiger partial charge in [-0.05, 0) is 18.4 Å². The van der Waals surface area contributed by atoms with Crippen LogP contribution in [0.1, 0.15) is 18.4 Å². The predicted octanol–water partition coefficient (Wildman–Crippen LogP) is 1.26. The molecule has 1 unspecified atom stereocenters. The molecule has 6 heteroatoms.